The number of ketones is 1. The molecule has 0 radical (unpaired) electrons. The van der Waals surface area contributed by atoms with Crippen molar-refractivity contribution in [2.75, 3.05) is 12.8 Å². The molecule has 0 bridgehead atoms. The molecule has 2 rings (SSSR count). The summed E-state index contributed by atoms with van der Waals surface area (Å²) in [5.74, 6) is 0.516. The Bertz CT molecular complexity index is 553. The van der Waals surface area contributed by atoms with E-state index >= 15 is 0 Å². The Balaban J connectivity index is 1.99. The van der Waals surface area contributed by atoms with Crippen LogP contribution in [-0.2, 0) is 15.3 Å². The molecule has 1 amide bonds. The molecule has 1 aliphatic heterocycles. The van der Waals surface area contributed by atoms with Crippen molar-refractivity contribution in [2.24, 2.45) is 0 Å². The van der Waals surface area contributed by atoms with E-state index in [4.69, 9.17) is 0 Å². The van der Waals surface area contributed by atoms with Gasteiger partial charge >= 0.3 is 0 Å². The van der Waals surface area contributed by atoms with Crippen LogP contribution in [0.1, 0.15) is 12.5 Å². The first-order chi connectivity index (χ1) is 9.52. The van der Waals surface area contributed by atoms with Gasteiger partial charge in [0.1, 0.15) is 11.3 Å². The van der Waals surface area contributed by atoms with Crippen molar-refractivity contribution >= 4 is 23.5 Å². The summed E-state index contributed by atoms with van der Waals surface area (Å²) < 4.78 is 0. The van der Waals surface area contributed by atoms with Crippen LogP contribution in [0.3, 0.4) is 0 Å². The molecule has 1 aromatic carbocycles. The van der Waals surface area contributed by atoms with Crippen LogP contribution in [0, 0.1) is 0 Å². The Morgan fingerprint density at radius 2 is 2.00 bits per heavy atom. The van der Waals surface area contributed by atoms with Gasteiger partial charge in [0.05, 0.1) is 6.04 Å². The number of hydrogen-bond donors (Lipinski definition) is 1. The second-order valence-corrected chi connectivity index (χ2v) is 5.78. The molecule has 0 fully saturated rings. The maximum absolute atomic E-state index is 11.9. The fourth-order valence-corrected chi connectivity index (χ4v) is 3.31. The lowest BCUT2D eigenvalue weighted by molar-refractivity contribution is -0.127. The number of Topliss-reactive ketones (excluding diaryl/α,β-unsaturated/α-hetero) is 1. The zero-order chi connectivity index (χ0) is 14.7. The number of hydrogen-bond acceptors (Lipinski definition) is 4. The highest BCUT2D eigenvalue weighted by Crippen LogP contribution is 2.27. The number of likely N-dealkylation sites (N-methyl/N-ethyl adjacent to an activating group) is 1. The Morgan fingerprint density at radius 1 is 1.35 bits per heavy atom. The molecule has 1 atom stereocenters. The smallest absolute Gasteiger partial charge is 0.261 e. The van der Waals surface area contributed by atoms with Gasteiger partial charge in [0.15, 0.2) is 5.78 Å². The number of benzene rings is 1. The van der Waals surface area contributed by atoms with E-state index in [1.54, 1.807) is 18.8 Å². The molecule has 5 heteroatoms. The Kier molecular flexibility index (Phi) is 4.49. The van der Waals surface area contributed by atoms with Gasteiger partial charge in [-0.1, -0.05) is 30.3 Å². The third kappa shape index (κ3) is 2.88. The first kappa shape index (κ1) is 14.7. The van der Waals surface area contributed by atoms with Gasteiger partial charge < -0.3 is 10.0 Å². The quantitative estimate of drug-likeness (QED) is 0.845. The highest BCUT2D eigenvalue weighted by atomic mass is 32.2. The molecule has 4 nitrogen and oxygen atoms in total. The van der Waals surface area contributed by atoms with E-state index in [0.29, 0.717) is 5.75 Å². The molecule has 1 heterocycles. The summed E-state index contributed by atoms with van der Waals surface area (Å²) in [5, 5.41) is 10.0. The number of aliphatic hydroxyl groups is 1. The van der Waals surface area contributed by atoms with Gasteiger partial charge in [0, 0.05) is 18.6 Å². The standard InChI is InChI=1S/C15H17NO3S/c1-10(17)13-14(18)12(16(2)15(13)19)9-20-8-11-6-4-3-5-7-11/h3-7,12,18H,8-9H2,1-2H3/t12-/m0/s1. The van der Waals surface area contributed by atoms with Crippen molar-refractivity contribution in [2.45, 2.75) is 18.7 Å². The number of carbonyl (C=O) groups is 2. The highest BCUT2D eigenvalue weighted by molar-refractivity contribution is 7.98. The molecule has 0 aliphatic carbocycles. The monoisotopic (exact) mass is 291 g/mol. The maximum Gasteiger partial charge on any atom is 0.261 e. The zero-order valence-corrected chi connectivity index (χ0v) is 12.3. The summed E-state index contributed by atoms with van der Waals surface area (Å²) in [6.45, 7) is 1.30. The fraction of sp³-hybridized carbons (Fsp3) is 0.333. The predicted molar refractivity (Wildman–Crippen MR) is 79.5 cm³/mol. The van der Waals surface area contributed by atoms with Gasteiger partial charge in [-0.25, -0.2) is 0 Å². The van der Waals surface area contributed by atoms with E-state index in [2.05, 4.69) is 0 Å². The number of amides is 1. The van der Waals surface area contributed by atoms with Crippen molar-refractivity contribution in [1.29, 1.82) is 0 Å². The van der Waals surface area contributed by atoms with Crippen molar-refractivity contribution < 1.29 is 14.7 Å². The second-order valence-electron chi connectivity index (χ2n) is 4.75. The topological polar surface area (TPSA) is 57.6 Å². The second kappa shape index (κ2) is 6.13. The maximum atomic E-state index is 11.9. The molecule has 0 spiro atoms. The summed E-state index contributed by atoms with van der Waals surface area (Å²) in [4.78, 5) is 24.7. The third-order valence-electron chi connectivity index (χ3n) is 3.31. The van der Waals surface area contributed by atoms with Crippen molar-refractivity contribution in [3.63, 3.8) is 0 Å². The van der Waals surface area contributed by atoms with E-state index < -0.39 is 6.04 Å². The third-order valence-corrected chi connectivity index (χ3v) is 4.40. The van der Waals surface area contributed by atoms with E-state index in [1.165, 1.54) is 17.4 Å². The Morgan fingerprint density at radius 3 is 2.55 bits per heavy atom. The van der Waals surface area contributed by atoms with Crippen LogP contribution < -0.4 is 0 Å². The van der Waals surface area contributed by atoms with Crippen LogP contribution in [-0.4, -0.2) is 40.5 Å². The average Bonchev–Trinajstić information content (AvgIpc) is 2.63. The molecule has 106 valence electrons. The van der Waals surface area contributed by atoms with Gasteiger partial charge in [0.2, 0.25) is 0 Å². The minimum atomic E-state index is -0.407. The van der Waals surface area contributed by atoms with E-state index in [-0.39, 0.29) is 23.0 Å². The number of aliphatic hydroxyl groups excluding tert-OH is 1. The van der Waals surface area contributed by atoms with Gasteiger partial charge in [-0.2, -0.15) is 11.8 Å². The molecular weight excluding hydrogens is 274 g/mol. The minimum Gasteiger partial charge on any atom is -0.509 e. The SMILES string of the molecule is CC(=O)C1=C(O)[C@H](CSCc2ccccc2)N(C)C1=O. The lowest BCUT2D eigenvalue weighted by Gasteiger charge is -2.20. The lowest BCUT2D eigenvalue weighted by Crippen LogP contribution is -2.34. The van der Waals surface area contributed by atoms with Gasteiger partial charge in [-0.05, 0) is 12.5 Å². The number of thioether (sulfide) groups is 1. The van der Waals surface area contributed by atoms with Crippen LogP contribution in [0.25, 0.3) is 0 Å². The average molecular weight is 291 g/mol. The largest absolute Gasteiger partial charge is 0.509 e. The van der Waals surface area contributed by atoms with Crippen molar-refractivity contribution in [3.8, 4) is 0 Å². The van der Waals surface area contributed by atoms with E-state index in [1.807, 2.05) is 30.3 Å². The van der Waals surface area contributed by atoms with Crippen LogP contribution in [0.5, 0.6) is 0 Å². The zero-order valence-electron chi connectivity index (χ0n) is 11.5. The molecule has 0 saturated carbocycles. The fourth-order valence-electron chi connectivity index (χ4n) is 2.16. The molecule has 1 N–H and O–H groups in total. The Labute approximate surface area is 122 Å². The van der Waals surface area contributed by atoms with Gasteiger partial charge in [0.25, 0.3) is 5.91 Å². The van der Waals surface area contributed by atoms with Crippen LogP contribution in [0.2, 0.25) is 0 Å². The number of nitrogens with zero attached hydrogens (tertiary/aromatic N) is 1. The van der Waals surface area contributed by atoms with Crippen molar-refractivity contribution in [1.82, 2.24) is 4.90 Å². The normalized spacial score (nSPS) is 18.8. The number of rotatable bonds is 5. The molecule has 20 heavy (non-hydrogen) atoms. The van der Waals surface area contributed by atoms with E-state index in [0.717, 1.165) is 5.75 Å². The summed E-state index contributed by atoms with van der Waals surface area (Å²) in [5.41, 5.74) is 1.12. The summed E-state index contributed by atoms with van der Waals surface area (Å²) in [6, 6.07) is 9.58. The number of carbonyl (C=O) groups excluding carboxylic acids is 2. The van der Waals surface area contributed by atoms with Gasteiger partial charge in [-0.3, -0.25) is 9.59 Å². The highest BCUT2D eigenvalue weighted by Gasteiger charge is 2.38. The van der Waals surface area contributed by atoms with Gasteiger partial charge in [-0.15, -0.1) is 0 Å². The molecular formula is C15H17NO3S. The molecule has 0 unspecified atom stereocenters. The lowest BCUT2D eigenvalue weighted by atomic mass is 10.1. The summed E-state index contributed by atoms with van der Waals surface area (Å²) in [6.07, 6.45) is 0. The predicted octanol–water partition coefficient (Wildman–Crippen LogP) is 2.16. The molecule has 1 aromatic rings. The van der Waals surface area contributed by atoms with Crippen LogP contribution in [0.4, 0.5) is 0 Å². The molecule has 1 aliphatic rings. The van der Waals surface area contributed by atoms with Crippen LogP contribution in [0.15, 0.2) is 41.7 Å². The van der Waals surface area contributed by atoms with Crippen LogP contribution >= 0.6 is 11.8 Å². The van der Waals surface area contributed by atoms with E-state index in [9.17, 15) is 14.7 Å². The Hall–Kier alpha value is -1.75. The summed E-state index contributed by atoms with van der Waals surface area (Å²) in [7, 11) is 1.61. The minimum absolute atomic E-state index is 0.0715. The summed E-state index contributed by atoms with van der Waals surface area (Å²) >= 11 is 1.63. The first-order valence-electron chi connectivity index (χ1n) is 6.35. The van der Waals surface area contributed by atoms with Crippen molar-refractivity contribution in [3.05, 3.63) is 47.2 Å². The molecule has 0 saturated heterocycles. The first-order valence-corrected chi connectivity index (χ1v) is 7.50. The molecule has 0 aromatic heterocycles.